The van der Waals surface area contributed by atoms with Gasteiger partial charge in [0.1, 0.15) is 0 Å². The minimum atomic E-state index is 1.07. The van der Waals surface area contributed by atoms with Crippen molar-refractivity contribution in [3.63, 3.8) is 0 Å². The molecule has 1 aromatic rings. The van der Waals surface area contributed by atoms with Gasteiger partial charge < -0.3 is 15.1 Å². The second-order valence-corrected chi connectivity index (χ2v) is 5.65. The molecule has 2 aliphatic heterocycles. The van der Waals surface area contributed by atoms with Crippen LogP contribution in [0.15, 0.2) is 18.2 Å². The maximum atomic E-state index is 3.42. The van der Waals surface area contributed by atoms with Gasteiger partial charge >= 0.3 is 0 Å². The third-order valence-corrected chi connectivity index (χ3v) is 4.27. The van der Waals surface area contributed by atoms with Crippen LogP contribution < -0.4 is 15.1 Å². The Morgan fingerprint density at radius 2 is 1.74 bits per heavy atom. The van der Waals surface area contributed by atoms with Crippen molar-refractivity contribution >= 4 is 11.4 Å². The molecule has 1 fully saturated rings. The molecule has 0 bridgehead atoms. The van der Waals surface area contributed by atoms with Crippen LogP contribution in [0.4, 0.5) is 11.4 Å². The highest BCUT2D eigenvalue weighted by atomic mass is 15.2. The highest BCUT2D eigenvalue weighted by Crippen LogP contribution is 2.35. The topological polar surface area (TPSA) is 21.8 Å². The lowest BCUT2D eigenvalue weighted by Crippen LogP contribution is -2.43. The van der Waals surface area contributed by atoms with Crippen molar-refractivity contribution in [3.8, 4) is 0 Å². The minimum absolute atomic E-state index is 1.07. The second kappa shape index (κ2) is 5.39. The van der Waals surface area contributed by atoms with Crippen molar-refractivity contribution < 1.29 is 0 Å². The molecule has 104 valence electrons. The summed E-state index contributed by atoms with van der Waals surface area (Å²) in [5.41, 5.74) is 4.27. The fourth-order valence-electron chi connectivity index (χ4n) is 3.10. The Labute approximate surface area is 116 Å². The van der Waals surface area contributed by atoms with E-state index in [1.54, 1.807) is 0 Å². The van der Waals surface area contributed by atoms with Crippen LogP contribution in [0.2, 0.25) is 0 Å². The van der Waals surface area contributed by atoms with E-state index < -0.39 is 0 Å². The molecule has 19 heavy (non-hydrogen) atoms. The minimum Gasteiger partial charge on any atom is -0.371 e. The molecule has 1 N–H and O–H groups in total. The molecule has 1 aromatic carbocycles. The summed E-state index contributed by atoms with van der Waals surface area (Å²) in [4.78, 5) is 7.33. The van der Waals surface area contributed by atoms with Crippen LogP contribution in [0.5, 0.6) is 0 Å². The number of hydrogen-bond acceptors (Lipinski definition) is 4. The van der Waals surface area contributed by atoms with Crippen LogP contribution in [0, 0.1) is 0 Å². The van der Waals surface area contributed by atoms with Gasteiger partial charge in [-0.05, 0) is 11.6 Å². The summed E-state index contributed by atoms with van der Waals surface area (Å²) in [6.45, 7) is 7.84. The first-order valence-corrected chi connectivity index (χ1v) is 7.23. The average Bonchev–Trinajstić information content (AvgIpc) is 2.44. The third-order valence-electron chi connectivity index (χ3n) is 4.27. The fourth-order valence-corrected chi connectivity index (χ4v) is 3.10. The van der Waals surface area contributed by atoms with Crippen LogP contribution in [0.25, 0.3) is 0 Å². The molecule has 0 aromatic heterocycles. The van der Waals surface area contributed by atoms with Gasteiger partial charge in [-0.25, -0.2) is 0 Å². The Bertz CT molecular complexity index is 440. The van der Waals surface area contributed by atoms with Gasteiger partial charge in [-0.1, -0.05) is 12.1 Å². The molecule has 0 amide bonds. The van der Waals surface area contributed by atoms with Crippen molar-refractivity contribution in [2.24, 2.45) is 0 Å². The molecule has 4 nitrogen and oxygen atoms in total. The Hall–Kier alpha value is -1.26. The SMILES string of the molecule is CN1CCN(C)c2c(CN3CCNCC3)cccc21. The average molecular weight is 260 g/mol. The van der Waals surface area contributed by atoms with Crippen molar-refractivity contribution in [1.82, 2.24) is 10.2 Å². The summed E-state index contributed by atoms with van der Waals surface area (Å²) in [6.07, 6.45) is 0. The molecular weight excluding hydrogens is 236 g/mol. The Morgan fingerprint density at radius 1 is 1.00 bits per heavy atom. The summed E-state index contributed by atoms with van der Waals surface area (Å²) in [7, 11) is 4.41. The Kier molecular flexibility index (Phi) is 3.62. The van der Waals surface area contributed by atoms with Gasteiger partial charge in [-0.15, -0.1) is 0 Å². The van der Waals surface area contributed by atoms with E-state index in [2.05, 4.69) is 52.3 Å². The van der Waals surface area contributed by atoms with Crippen molar-refractivity contribution in [2.75, 3.05) is 63.2 Å². The maximum absolute atomic E-state index is 3.42. The van der Waals surface area contributed by atoms with Crippen LogP contribution in [0.3, 0.4) is 0 Å². The van der Waals surface area contributed by atoms with Gasteiger partial charge in [0.25, 0.3) is 0 Å². The normalized spacial score (nSPS) is 20.5. The van der Waals surface area contributed by atoms with Crippen LogP contribution in [0.1, 0.15) is 5.56 Å². The zero-order valence-corrected chi connectivity index (χ0v) is 12.0. The van der Waals surface area contributed by atoms with E-state index in [0.717, 1.165) is 45.8 Å². The number of nitrogens with one attached hydrogen (secondary N) is 1. The molecule has 0 spiro atoms. The molecule has 0 unspecified atom stereocenters. The van der Waals surface area contributed by atoms with Crippen LogP contribution >= 0.6 is 0 Å². The van der Waals surface area contributed by atoms with Gasteiger partial charge in [0, 0.05) is 59.9 Å². The molecule has 2 aliphatic rings. The molecule has 2 heterocycles. The quantitative estimate of drug-likeness (QED) is 0.855. The zero-order chi connectivity index (χ0) is 13.2. The first kappa shape index (κ1) is 12.8. The molecule has 0 saturated carbocycles. The van der Waals surface area contributed by atoms with E-state index in [0.29, 0.717) is 0 Å². The number of piperazine rings is 1. The first-order chi connectivity index (χ1) is 9.25. The second-order valence-electron chi connectivity index (χ2n) is 5.65. The number of nitrogens with zero attached hydrogens (tertiary/aromatic N) is 3. The smallest absolute Gasteiger partial charge is 0.0647 e. The van der Waals surface area contributed by atoms with Crippen LogP contribution in [-0.4, -0.2) is 58.3 Å². The summed E-state index contributed by atoms with van der Waals surface area (Å²) < 4.78 is 0. The molecule has 3 rings (SSSR count). The lowest BCUT2D eigenvalue weighted by atomic mass is 10.1. The number of anilines is 2. The molecule has 0 aliphatic carbocycles. The van der Waals surface area contributed by atoms with Gasteiger partial charge in [0.15, 0.2) is 0 Å². The number of hydrogen-bond donors (Lipinski definition) is 1. The van der Waals surface area contributed by atoms with E-state index in [-0.39, 0.29) is 0 Å². The van der Waals surface area contributed by atoms with Crippen molar-refractivity contribution in [2.45, 2.75) is 6.54 Å². The van der Waals surface area contributed by atoms with Crippen LogP contribution in [-0.2, 0) is 6.54 Å². The number of benzene rings is 1. The van der Waals surface area contributed by atoms with Crippen molar-refractivity contribution in [1.29, 1.82) is 0 Å². The summed E-state index contributed by atoms with van der Waals surface area (Å²) in [6, 6.07) is 6.73. The molecule has 0 atom stereocenters. The van der Waals surface area contributed by atoms with Gasteiger partial charge in [-0.2, -0.15) is 0 Å². The number of para-hydroxylation sites is 1. The lowest BCUT2D eigenvalue weighted by Gasteiger charge is -2.37. The molecular formula is C15H24N4. The molecule has 0 radical (unpaired) electrons. The lowest BCUT2D eigenvalue weighted by molar-refractivity contribution is 0.233. The fraction of sp³-hybridized carbons (Fsp3) is 0.600. The first-order valence-electron chi connectivity index (χ1n) is 7.23. The standard InChI is InChI=1S/C15H24N4/c1-17-10-11-18(2)15-13(4-3-5-14(15)17)12-19-8-6-16-7-9-19/h3-5,16H,6-12H2,1-2H3. The number of rotatable bonds is 2. The van der Waals surface area contributed by atoms with Gasteiger partial charge in [-0.3, -0.25) is 4.90 Å². The predicted octanol–water partition coefficient (Wildman–Crippen LogP) is 0.978. The van der Waals surface area contributed by atoms with E-state index in [1.807, 2.05) is 0 Å². The Balaban J connectivity index is 1.86. The number of likely N-dealkylation sites (N-methyl/N-ethyl adjacent to an activating group) is 2. The highest BCUT2D eigenvalue weighted by molar-refractivity contribution is 5.76. The van der Waals surface area contributed by atoms with E-state index >= 15 is 0 Å². The molecule has 4 heteroatoms. The summed E-state index contributed by atoms with van der Waals surface area (Å²) in [5.74, 6) is 0. The zero-order valence-electron chi connectivity index (χ0n) is 12.0. The monoisotopic (exact) mass is 260 g/mol. The van der Waals surface area contributed by atoms with E-state index in [1.165, 1.54) is 16.9 Å². The summed E-state index contributed by atoms with van der Waals surface area (Å²) >= 11 is 0. The largest absolute Gasteiger partial charge is 0.371 e. The summed E-state index contributed by atoms with van der Waals surface area (Å²) in [5, 5.41) is 3.42. The van der Waals surface area contributed by atoms with E-state index in [9.17, 15) is 0 Å². The highest BCUT2D eigenvalue weighted by Gasteiger charge is 2.21. The third kappa shape index (κ3) is 2.55. The predicted molar refractivity (Wildman–Crippen MR) is 81.1 cm³/mol. The van der Waals surface area contributed by atoms with Crippen molar-refractivity contribution in [3.05, 3.63) is 23.8 Å². The molecule has 1 saturated heterocycles. The Morgan fingerprint density at radius 3 is 2.53 bits per heavy atom. The van der Waals surface area contributed by atoms with E-state index in [4.69, 9.17) is 0 Å². The van der Waals surface area contributed by atoms with Gasteiger partial charge in [0.2, 0.25) is 0 Å². The van der Waals surface area contributed by atoms with Gasteiger partial charge in [0.05, 0.1) is 11.4 Å². The maximum Gasteiger partial charge on any atom is 0.0647 e. The number of fused-ring (bicyclic) bond motifs is 1.